The summed E-state index contributed by atoms with van der Waals surface area (Å²) in [5.74, 6) is -2.69. The summed E-state index contributed by atoms with van der Waals surface area (Å²) in [6.07, 6.45) is 0. The van der Waals surface area contributed by atoms with Gasteiger partial charge in [0.25, 0.3) is 23.3 Å². The number of aromatic amines is 1. The molecule has 0 saturated carbocycles. The van der Waals surface area contributed by atoms with Gasteiger partial charge in [-0.05, 0) is 24.3 Å². The fourth-order valence-corrected chi connectivity index (χ4v) is 2.41. The third-order valence-corrected chi connectivity index (χ3v) is 3.72. The van der Waals surface area contributed by atoms with Crippen molar-refractivity contribution in [2.24, 2.45) is 0 Å². The van der Waals surface area contributed by atoms with Crippen molar-refractivity contribution >= 4 is 28.5 Å². The highest BCUT2D eigenvalue weighted by molar-refractivity contribution is 6.05. The van der Waals surface area contributed by atoms with Crippen molar-refractivity contribution in [3.8, 4) is 0 Å². The van der Waals surface area contributed by atoms with Crippen molar-refractivity contribution in [2.75, 3.05) is 6.54 Å². The molecule has 0 unspecified atom stereocenters. The number of nitrogens with zero attached hydrogens (tertiary/aromatic N) is 1. The Labute approximate surface area is 156 Å². The summed E-state index contributed by atoms with van der Waals surface area (Å²) < 4.78 is 13.1. The molecule has 0 bridgehead atoms. The third-order valence-electron chi connectivity index (χ3n) is 3.72. The number of carbonyl (C=O) groups is 3. The second-order valence-electron chi connectivity index (χ2n) is 5.64. The first-order valence-corrected chi connectivity index (χ1v) is 8.06. The molecule has 0 aliphatic heterocycles. The summed E-state index contributed by atoms with van der Waals surface area (Å²) in [6.45, 7) is -0.449. The molecule has 0 atom stereocenters. The Hall–Kier alpha value is -4.08. The number of nitrogens with one attached hydrogen (secondary N) is 4. The number of rotatable bonds is 4. The quantitative estimate of drug-likeness (QED) is 0.480. The van der Waals surface area contributed by atoms with Crippen molar-refractivity contribution in [1.29, 1.82) is 0 Å². The molecular weight excluding hydrogens is 369 g/mol. The van der Waals surface area contributed by atoms with Crippen molar-refractivity contribution in [3.05, 3.63) is 76.0 Å². The number of fused-ring (bicyclic) bond motifs is 1. The number of carbonyl (C=O) groups excluding carboxylic acids is 3. The zero-order chi connectivity index (χ0) is 20.1. The molecule has 2 aromatic carbocycles. The highest BCUT2D eigenvalue weighted by Gasteiger charge is 2.15. The number of aromatic nitrogens is 2. The van der Waals surface area contributed by atoms with Gasteiger partial charge in [-0.3, -0.25) is 30.0 Å². The SMILES string of the molecule is O=C(CNC(=O)c1cccc(F)c1)NNC(=O)c1n[nH]c(=O)c2ccccc12. The summed E-state index contributed by atoms with van der Waals surface area (Å²) in [4.78, 5) is 47.6. The van der Waals surface area contributed by atoms with E-state index in [0.717, 1.165) is 6.07 Å². The highest BCUT2D eigenvalue weighted by atomic mass is 19.1. The number of H-pyrrole nitrogens is 1. The molecular formula is C18H14FN5O4. The van der Waals surface area contributed by atoms with E-state index < -0.39 is 35.6 Å². The summed E-state index contributed by atoms with van der Waals surface area (Å²) in [7, 11) is 0. The molecule has 0 fully saturated rings. The molecule has 1 heterocycles. The summed E-state index contributed by atoms with van der Waals surface area (Å²) in [6, 6.07) is 11.3. The van der Waals surface area contributed by atoms with Crippen LogP contribution in [0.15, 0.2) is 53.3 Å². The predicted octanol–water partition coefficient (Wildman–Crippen LogP) is 0.253. The number of halogens is 1. The first-order chi connectivity index (χ1) is 13.5. The number of hydrazine groups is 1. The molecule has 0 saturated heterocycles. The molecule has 142 valence electrons. The Balaban J connectivity index is 1.58. The molecule has 9 nitrogen and oxygen atoms in total. The summed E-state index contributed by atoms with van der Waals surface area (Å²) >= 11 is 0. The molecule has 0 aliphatic rings. The minimum absolute atomic E-state index is 0.0562. The zero-order valence-corrected chi connectivity index (χ0v) is 14.3. The summed E-state index contributed by atoms with van der Waals surface area (Å²) in [5, 5.41) is 8.79. The van der Waals surface area contributed by atoms with E-state index in [1.807, 2.05) is 0 Å². The lowest BCUT2D eigenvalue weighted by Crippen LogP contribution is -2.46. The molecule has 28 heavy (non-hydrogen) atoms. The lowest BCUT2D eigenvalue weighted by atomic mass is 10.1. The van der Waals surface area contributed by atoms with Crippen LogP contribution in [0.25, 0.3) is 10.8 Å². The number of amides is 3. The summed E-state index contributed by atoms with van der Waals surface area (Å²) in [5.41, 5.74) is 3.79. The Bertz CT molecular complexity index is 1130. The van der Waals surface area contributed by atoms with Gasteiger partial charge in [0.15, 0.2) is 5.69 Å². The molecule has 1 aromatic heterocycles. The third kappa shape index (κ3) is 4.18. The molecule has 4 N–H and O–H groups in total. The van der Waals surface area contributed by atoms with Gasteiger partial charge in [0.2, 0.25) is 0 Å². The number of hydrogen-bond acceptors (Lipinski definition) is 5. The van der Waals surface area contributed by atoms with Gasteiger partial charge in [0, 0.05) is 10.9 Å². The Kier molecular flexibility index (Phi) is 5.40. The van der Waals surface area contributed by atoms with Crippen LogP contribution in [-0.2, 0) is 4.79 Å². The second-order valence-corrected chi connectivity index (χ2v) is 5.64. The number of hydrogen-bond donors (Lipinski definition) is 4. The average Bonchev–Trinajstić information content (AvgIpc) is 2.70. The van der Waals surface area contributed by atoms with Crippen LogP contribution in [0.5, 0.6) is 0 Å². The van der Waals surface area contributed by atoms with Gasteiger partial charge in [-0.1, -0.05) is 24.3 Å². The van der Waals surface area contributed by atoms with Gasteiger partial charge in [0.1, 0.15) is 5.82 Å². The fraction of sp³-hybridized carbons (Fsp3) is 0.0556. The van der Waals surface area contributed by atoms with Gasteiger partial charge in [-0.2, -0.15) is 5.10 Å². The van der Waals surface area contributed by atoms with E-state index in [0.29, 0.717) is 5.39 Å². The molecule has 3 rings (SSSR count). The monoisotopic (exact) mass is 383 g/mol. The fourth-order valence-electron chi connectivity index (χ4n) is 2.41. The predicted molar refractivity (Wildman–Crippen MR) is 96.7 cm³/mol. The zero-order valence-electron chi connectivity index (χ0n) is 14.3. The molecule has 10 heteroatoms. The lowest BCUT2D eigenvalue weighted by Gasteiger charge is -2.09. The minimum Gasteiger partial charge on any atom is -0.343 e. The minimum atomic E-state index is -0.753. The Morgan fingerprint density at radius 2 is 1.71 bits per heavy atom. The Morgan fingerprint density at radius 1 is 0.964 bits per heavy atom. The molecule has 0 radical (unpaired) electrons. The van der Waals surface area contributed by atoms with Crippen LogP contribution in [0.1, 0.15) is 20.8 Å². The smallest absolute Gasteiger partial charge is 0.290 e. The van der Waals surface area contributed by atoms with Crippen LogP contribution in [-0.4, -0.2) is 34.5 Å². The van der Waals surface area contributed by atoms with E-state index in [9.17, 15) is 23.6 Å². The van der Waals surface area contributed by atoms with Crippen molar-refractivity contribution in [1.82, 2.24) is 26.4 Å². The van der Waals surface area contributed by atoms with Crippen LogP contribution >= 0.6 is 0 Å². The maximum absolute atomic E-state index is 13.1. The lowest BCUT2D eigenvalue weighted by molar-refractivity contribution is -0.120. The van der Waals surface area contributed by atoms with Gasteiger partial charge in [0.05, 0.1) is 11.9 Å². The van der Waals surface area contributed by atoms with Gasteiger partial charge in [-0.25, -0.2) is 9.49 Å². The van der Waals surface area contributed by atoms with Gasteiger partial charge in [-0.15, -0.1) is 0 Å². The maximum atomic E-state index is 13.1. The largest absolute Gasteiger partial charge is 0.343 e. The highest BCUT2D eigenvalue weighted by Crippen LogP contribution is 2.11. The van der Waals surface area contributed by atoms with Crippen LogP contribution in [0.3, 0.4) is 0 Å². The topological polar surface area (TPSA) is 133 Å². The van der Waals surface area contributed by atoms with Crippen LogP contribution < -0.4 is 21.7 Å². The van der Waals surface area contributed by atoms with Crippen molar-refractivity contribution in [3.63, 3.8) is 0 Å². The van der Waals surface area contributed by atoms with Crippen LogP contribution in [0.2, 0.25) is 0 Å². The van der Waals surface area contributed by atoms with E-state index in [-0.39, 0.29) is 16.6 Å². The van der Waals surface area contributed by atoms with Gasteiger partial charge < -0.3 is 5.32 Å². The first-order valence-electron chi connectivity index (χ1n) is 8.06. The molecule has 0 aliphatic carbocycles. The van der Waals surface area contributed by atoms with Crippen molar-refractivity contribution < 1.29 is 18.8 Å². The second kappa shape index (κ2) is 8.08. The van der Waals surface area contributed by atoms with Gasteiger partial charge >= 0.3 is 0 Å². The van der Waals surface area contributed by atoms with Crippen LogP contribution in [0, 0.1) is 5.82 Å². The normalized spacial score (nSPS) is 10.3. The van der Waals surface area contributed by atoms with E-state index in [2.05, 4.69) is 26.4 Å². The molecule has 0 spiro atoms. The van der Waals surface area contributed by atoms with E-state index in [4.69, 9.17) is 0 Å². The Morgan fingerprint density at radius 3 is 2.46 bits per heavy atom. The average molecular weight is 383 g/mol. The van der Waals surface area contributed by atoms with E-state index in [1.165, 1.54) is 24.3 Å². The maximum Gasteiger partial charge on any atom is 0.290 e. The van der Waals surface area contributed by atoms with E-state index >= 15 is 0 Å². The standard InChI is InChI=1S/C18H14FN5O4/c19-11-5-3-4-10(8-11)16(26)20-9-14(25)21-24-18(28)15-12-6-1-2-7-13(12)17(27)23-22-15/h1-8H,9H2,(H,20,26)(H,21,25)(H,23,27)(H,24,28). The molecule has 3 aromatic rings. The first kappa shape index (κ1) is 18.7. The molecule has 3 amide bonds. The van der Waals surface area contributed by atoms with E-state index in [1.54, 1.807) is 18.2 Å². The van der Waals surface area contributed by atoms with Crippen molar-refractivity contribution in [2.45, 2.75) is 0 Å². The van der Waals surface area contributed by atoms with Crippen LogP contribution in [0.4, 0.5) is 4.39 Å². The number of benzene rings is 2.